The van der Waals surface area contributed by atoms with Crippen molar-refractivity contribution in [1.82, 2.24) is 9.97 Å². The molecule has 2 heterocycles. The Hall–Kier alpha value is -1.94. The number of amides is 1. The molecule has 0 N–H and O–H groups in total. The Kier molecular flexibility index (Phi) is 3.81. The number of carbonyl (C=O) groups is 2. The predicted molar refractivity (Wildman–Crippen MR) is 70.4 cm³/mol. The van der Waals surface area contributed by atoms with E-state index >= 15 is 0 Å². The molecule has 98 valence electrons. The van der Waals surface area contributed by atoms with Crippen molar-refractivity contribution < 1.29 is 14.3 Å². The zero-order valence-electron chi connectivity index (χ0n) is 10.1. The summed E-state index contributed by atoms with van der Waals surface area (Å²) in [5.74, 6) is 1.70. The van der Waals surface area contributed by atoms with Gasteiger partial charge in [-0.25, -0.2) is 14.8 Å². The van der Waals surface area contributed by atoms with Gasteiger partial charge in [-0.3, -0.25) is 9.69 Å². The summed E-state index contributed by atoms with van der Waals surface area (Å²) < 4.78 is 5.03. The lowest BCUT2D eigenvalue weighted by Gasteiger charge is -2.16. The van der Waals surface area contributed by atoms with Crippen LogP contribution in [0, 0.1) is 18.3 Å². The monoisotopic (exact) mass is 323 g/mol. The number of terminal acetylenes is 1. The van der Waals surface area contributed by atoms with E-state index in [2.05, 4.69) is 36.6 Å². The highest BCUT2D eigenvalue weighted by Gasteiger charge is 2.33. The van der Waals surface area contributed by atoms with Gasteiger partial charge >= 0.3 is 5.97 Å². The molecular formula is C12H10BrN3O3. The highest BCUT2D eigenvalue weighted by molar-refractivity contribution is 9.10. The zero-order valence-corrected chi connectivity index (χ0v) is 11.7. The maximum absolute atomic E-state index is 11.9. The van der Waals surface area contributed by atoms with Gasteiger partial charge in [-0.05, 0) is 15.9 Å². The molecule has 0 spiro atoms. The Morgan fingerprint density at radius 2 is 2.42 bits per heavy atom. The second kappa shape index (κ2) is 5.36. The number of halogens is 1. The molecule has 6 nitrogen and oxygen atoms in total. The normalized spacial score (nSPS) is 18.3. The van der Waals surface area contributed by atoms with Gasteiger partial charge in [-0.15, -0.1) is 12.3 Å². The van der Waals surface area contributed by atoms with Crippen molar-refractivity contribution in [2.75, 3.05) is 18.6 Å². The molecule has 2 rings (SSSR count). The second-order valence-corrected chi connectivity index (χ2v) is 4.74. The maximum Gasteiger partial charge on any atom is 0.360 e. The third-order valence-electron chi connectivity index (χ3n) is 2.72. The van der Waals surface area contributed by atoms with E-state index in [1.165, 1.54) is 18.2 Å². The highest BCUT2D eigenvalue weighted by Crippen LogP contribution is 2.26. The van der Waals surface area contributed by atoms with Gasteiger partial charge in [0.1, 0.15) is 4.60 Å². The summed E-state index contributed by atoms with van der Waals surface area (Å²) in [6, 6.07) is 0. The fourth-order valence-corrected chi connectivity index (χ4v) is 2.10. The second-order valence-electron chi connectivity index (χ2n) is 3.93. The standard InChI is InChI=1S/C12H10BrN3O3/c1-3-7-4-9(17)16(6-7)11-10(12(18)19-2)15-8(13)5-14-11/h1,5,7H,4,6H2,2H3. The van der Waals surface area contributed by atoms with Gasteiger partial charge in [-0.1, -0.05) is 0 Å². The Bertz CT molecular complexity index is 582. The van der Waals surface area contributed by atoms with E-state index in [0.717, 1.165) is 0 Å². The van der Waals surface area contributed by atoms with Gasteiger partial charge in [0.05, 0.1) is 13.3 Å². The predicted octanol–water partition coefficient (Wildman–Crippen LogP) is 1.01. The SMILES string of the molecule is C#CC1CC(=O)N(c2ncc(Br)nc2C(=O)OC)C1. The van der Waals surface area contributed by atoms with Crippen LogP contribution in [-0.4, -0.2) is 35.5 Å². The number of hydrogen-bond acceptors (Lipinski definition) is 5. The summed E-state index contributed by atoms with van der Waals surface area (Å²) in [5.41, 5.74) is -0.0112. The highest BCUT2D eigenvalue weighted by atomic mass is 79.9. The van der Waals surface area contributed by atoms with Crippen LogP contribution in [0.25, 0.3) is 0 Å². The number of hydrogen-bond donors (Lipinski definition) is 0. The average molecular weight is 324 g/mol. The van der Waals surface area contributed by atoms with Crippen molar-refractivity contribution in [3.8, 4) is 12.3 Å². The number of nitrogens with zero attached hydrogens (tertiary/aromatic N) is 3. The van der Waals surface area contributed by atoms with Crippen molar-refractivity contribution in [2.45, 2.75) is 6.42 Å². The molecule has 0 saturated carbocycles. The van der Waals surface area contributed by atoms with Crippen molar-refractivity contribution >= 4 is 33.6 Å². The molecule has 0 bridgehead atoms. The van der Waals surface area contributed by atoms with E-state index < -0.39 is 5.97 Å². The van der Waals surface area contributed by atoms with Crippen LogP contribution < -0.4 is 4.90 Å². The number of rotatable bonds is 2. The van der Waals surface area contributed by atoms with Crippen LogP contribution in [0.15, 0.2) is 10.8 Å². The molecule has 1 aromatic heterocycles. The number of carbonyl (C=O) groups excluding carboxylic acids is 2. The van der Waals surface area contributed by atoms with Crippen LogP contribution in [0.2, 0.25) is 0 Å². The van der Waals surface area contributed by atoms with E-state index in [9.17, 15) is 9.59 Å². The largest absolute Gasteiger partial charge is 0.464 e. The lowest BCUT2D eigenvalue weighted by molar-refractivity contribution is -0.117. The van der Waals surface area contributed by atoms with Gasteiger partial charge in [-0.2, -0.15) is 0 Å². The van der Waals surface area contributed by atoms with E-state index in [1.807, 2.05) is 0 Å². The van der Waals surface area contributed by atoms with Crippen LogP contribution in [0.5, 0.6) is 0 Å². The van der Waals surface area contributed by atoms with Crippen molar-refractivity contribution in [3.63, 3.8) is 0 Å². The summed E-state index contributed by atoms with van der Waals surface area (Å²) in [6.07, 6.45) is 6.98. The Balaban J connectivity index is 2.43. The number of ether oxygens (including phenoxy) is 1. The summed E-state index contributed by atoms with van der Waals surface area (Å²) in [7, 11) is 1.24. The molecule has 1 aliphatic rings. The third-order valence-corrected chi connectivity index (χ3v) is 3.10. The minimum Gasteiger partial charge on any atom is -0.464 e. The topological polar surface area (TPSA) is 72.4 Å². The Labute approximate surface area is 118 Å². The third kappa shape index (κ3) is 2.58. The molecule has 1 unspecified atom stereocenters. The first kappa shape index (κ1) is 13.5. The molecule has 19 heavy (non-hydrogen) atoms. The molecule has 0 aromatic carbocycles. The van der Waals surface area contributed by atoms with E-state index in [1.54, 1.807) is 0 Å². The van der Waals surface area contributed by atoms with Gasteiger partial charge in [0.25, 0.3) is 0 Å². The van der Waals surface area contributed by atoms with Crippen LogP contribution in [0.4, 0.5) is 5.82 Å². The number of aromatic nitrogens is 2. The van der Waals surface area contributed by atoms with Crippen LogP contribution in [-0.2, 0) is 9.53 Å². The van der Waals surface area contributed by atoms with Crippen LogP contribution in [0.1, 0.15) is 16.9 Å². The smallest absolute Gasteiger partial charge is 0.360 e. The first-order chi connectivity index (χ1) is 9.06. The summed E-state index contributed by atoms with van der Waals surface area (Å²) >= 11 is 3.13. The molecular weight excluding hydrogens is 314 g/mol. The average Bonchev–Trinajstić information content (AvgIpc) is 2.79. The molecule has 0 radical (unpaired) electrons. The zero-order chi connectivity index (χ0) is 14.0. The van der Waals surface area contributed by atoms with Crippen molar-refractivity contribution in [2.24, 2.45) is 5.92 Å². The summed E-state index contributed by atoms with van der Waals surface area (Å²) in [5, 5.41) is 0. The van der Waals surface area contributed by atoms with E-state index in [-0.39, 0.29) is 29.8 Å². The van der Waals surface area contributed by atoms with E-state index in [0.29, 0.717) is 11.1 Å². The van der Waals surface area contributed by atoms with Crippen molar-refractivity contribution in [1.29, 1.82) is 0 Å². The minimum absolute atomic E-state index is 0.0112. The molecule has 1 aromatic rings. The molecule has 1 fully saturated rings. The van der Waals surface area contributed by atoms with Crippen molar-refractivity contribution in [3.05, 3.63) is 16.5 Å². The molecule has 1 amide bonds. The molecule has 0 aliphatic carbocycles. The van der Waals surface area contributed by atoms with Gasteiger partial charge < -0.3 is 4.74 Å². The fourth-order valence-electron chi connectivity index (χ4n) is 1.82. The minimum atomic E-state index is -0.652. The number of anilines is 1. The molecule has 1 saturated heterocycles. The van der Waals surface area contributed by atoms with E-state index in [4.69, 9.17) is 6.42 Å². The Morgan fingerprint density at radius 3 is 3.00 bits per heavy atom. The lowest BCUT2D eigenvalue weighted by Crippen LogP contribution is -2.28. The molecule has 1 aliphatic heterocycles. The number of methoxy groups -OCH3 is 1. The first-order valence-corrected chi connectivity index (χ1v) is 6.23. The lowest BCUT2D eigenvalue weighted by atomic mass is 10.1. The molecule has 1 atom stereocenters. The number of esters is 1. The summed E-state index contributed by atoms with van der Waals surface area (Å²) in [4.78, 5) is 33.0. The van der Waals surface area contributed by atoms with Gasteiger partial charge in [0, 0.05) is 18.9 Å². The van der Waals surface area contributed by atoms with Gasteiger partial charge in [0.2, 0.25) is 5.91 Å². The molecule has 7 heteroatoms. The van der Waals surface area contributed by atoms with Crippen LogP contribution >= 0.6 is 15.9 Å². The summed E-state index contributed by atoms with van der Waals surface area (Å²) in [6.45, 7) is 0.329. The Morgan fingerprint density at radius 1 is 1.68 bits per heavy atom. The van der Waals surface area contributed by atoms with Gasteiger partial charge in [0.15, 0.2) is 11.5 Å². The quantitative estimate of drug-likeness (QED) is 0.600. The van der Waals surface area contributed by atoms with Crippen LogP contribution in [0.3, 0.4) is 0 Å². The fraction of sp³-hybridized carbons (Fsp3) is 0.333. The maximum atomic E-state index is 11.9. The first-order valence-electron chi connectivity index (χ1n) is 5.44.